The maximum atomic E-state index is 5.26. The van der Waals surface area contributed by atoms with Gasteiger partial charge in [-0.2, -0.15) is 0 Å². The van der Waals surface area contributed by atoms with E-state index in [0.717, 1.165) is 32.8 Å². The number of morpholine rings is 1. The third-order valence-electron chi connectivity index (χ3n) is 2.24. The summed E-state index contributed by atoms with van der Waals surface area (Å²) >= 11 is 0. The van der Waals surface area contributed by atoms with Crippen LogP contribution in [0.2, 0.25) is 0 Å². The molecule has 0 amide bonds. The lowest BCUT2D eigenvalue weighted by molar-refractivity contribution is 0.0105. The summed E-state index contributed by atoms with van der Waals surface area (Å²) in [6.45, 7) is 4.40. The van der Waals surface area contributed by atoms with E-state index in [2.05, 4.69) is 21.5 Å². The Bertz CT molecular complexity index is 259. The van der Waals surface area contributed by atoms with Gasteiger partial charge < -0.3 is 4.74 Å². The zero-order chi connectivity index (χ0) is 9.64. The lowest BCUT2D eigenvalue weighted by Crippen LogP contribution is -2.45. The van der Waals surface area contributed by atoms with E-state index in [0.29, 0.717) is 0 Å². The Hall–Kier alpha value is -0.970. The number of hydrogen-bond donors (Lipinski definition) is 1. The van der Waals surface area contributed by atoms with E-state index >= 15 is 0 Å². The van der Waals surface area contributed by atoms with E-state index in [-0.39, 0.29) is 0 Å². The third-order valence-corrected chi connectivity index (χ3v) is 2.24. The highest BCUT2D eigenvalue weighted by Gasteiger charge is 2.08. The number of ether oxygens (including phenoxy) is 1. The molecule has 0 aliphatic carbocycles. The summed E-state index contributed by atoms with van der Waals surface area (Å²) < 4.78 is 5.26. The number of nitrogens with zero attached hydrogens (tertiary/aromatic N) is 2. The van der Waals surface area contributed by atoms with Crippen molar-refractivity contribution in [1.29, 1.82) is 0 Å². The molecule has 1 aromatic rings. The normalized spacial score (nSPS) is 18.3. The predicted molar refractivity (Wildman–Crippen MR) is 53.5 cm³/mol. The zero-order valence-electron chi connectivity index (χ0n) is 8.15. The molecule has 0 saturated carbocycles. The van der Waals surface area contributed by atoms with Gasteiger partial charge in [-0.15, -0.1) is 0 Å². The van der Waals surface area contributed by atoms with Gasteiger partial charge in [0.05, 0.1) is 13.2 Å². The van der Waals surface area contributed by atoms with E-state index < -0.39 is 0 Å². The highest BCUT2D eigenvalue weighted by atomic mass is 16.5. The molecule has 1 aromatic heterocycles. The number of hydrazine groups is 1. The quantitative estimate of drug-likeness (QED) is 0.755. The first-order valence-electron chi connectivity index (χ1n) is 4.90. The minimum Gasteiger partial charge on any atom is -0.379 e. The van der Waals surface area contributed by atoms with E-state index in [9.17, 15) is 0 Å². The van der Waals surface area contributed by atoms with Gasteiger partial charge in [0, 0.05) is 32.0 Å². The molecule has 0 radical (unpaired) electrons. The molecule has 1 saturated heterocycles. The standard InChI is InChI=1S/C10H15N3O/c1-2-10(8-11-3-1)9-12-13-4-6-14-7-5-13/h1-3,8,12H,4-7,9H2. The molecule has 1 aliphatic heterocycles. The Morgan fingerprint density at radius 2 is 2.29 bits per heavy atom. The fourth-order valence-corrected chi connectivity index (χ4v) is 1.43. The van der Waals surface area contributed by atoms with Gasteiger partial charge in [0.25, 0.3) is 0 Å². The summed E-state index contributed by atoms with van der Waals surface area (Å²) in [5, 5.41) is 2.19. The van der Waals surface area contributed by atoms with Gasteiger partial charge in [-0.1, -0.05) is 6.07 Å². The molecule has 0 unspecified atom stereocenters. The highest BCUT2D eigenvalue weighted by Crippen LogP contribution is 1.97. The number of rotatable bonds is 3. The van der Waals surface area contributed by atoms with Crippen LogP contribution in [0.25, 0.3) is 0 Å². The van der Waals surface area contributed by atoms with Crippen LogP contribution in [0.1, 0.15) is 5.56 Å². The monoisotopic (exact) mass is 193 g/mol. The van der Waals surface area contributed by atoms with Crippen molar-refractivity contribution in [2.45, 2.75) is 6.54 Å². The number of hydrogen-bond acceptors (Lipinski definition) is 4. The molecule has 0 spiro atoms. The minimum absolute atomic E-state index is 0.819. The maximum absolute atomic E-state index is 5.26. The van der Waals surface area contributed by atoms with Crippen molar-refractivity contribution in [1.82, 2.24) is 15.4 Å². The average molecular weight is 193 g/mol. The Balaban J connectivity index is 1.76. The second-order valence-corrected chi connectivity index (χ2v) is 3.30. The Kier molecular flexibility index (Phi) is 3.45. The molecule has 0 atom stereocenters. The molecular weight excluding hydrogens is 178 g/mol. The molecule has 14 heavy (non-hydrogen) atoms. The highest BCUT2D eigenvalue weighted by molar-refractivity contribution is 5.07. The summed E-state index contributed by atoms with van der Waals surface area (Å²) in [6, 6.07) is 4.02. The molecule has 0 aromatic carbocycles. The number of pyridine rings is 1. The first kappa shape index (κ1) is 9.58. The molecule has 1 N–H and O–H groups in total. The van der Waals surface area contributed by atoms with Crippen LogP contribution in [0.15, 0.2) is 24.5 Å². The number of nitrogens with one attached hydrogen (secondary N) is 1. The van der Waals surface area contributed by atoms with Crippen molar-refractivity contribution in [3.05, 3.63) is 30.1 Å². The fourth-order valence-electron chi connectivity index (χ4n) is 1.43. The Labute approximate surface area is 83.9 Å². The largest absolute Gasteiger partial charge is 0.379 e. The van der Waals surface area contributed by atoms with Gasteiger partial charge in [-0.05, 0) is 11.6 Å². The second-order valence-electron chi connectivity index (χ2n) is 3.30. The predicted octanol–water partition coefficient (Wildman–Crippen LogP) is 0.418. The minimum atomic E-state index is 0.819. The van der Waals surface area contributed by atoms with Crippen LogP contribution in [0.3, 0.4) is 0 Å². The molecule has 76 valence electrons. The van der Waals surface area contributed by atoms with Crippen molar-refractivity contribution in [3.8, 4) is 0 Å². The van der Waals surface area contributed by atoms with Crippen molar-refractivity contribution in [2.75, 3.05) is 26.3 Å². The molecule has 1 fully saturated rings. The fraction of sp³-hybridized carbons (Fsp3) is 0.500. The molecule has 4 nitrogen and oxygen atoms in total. The van der Waals surface area contributed by atoms with Crippen molar-refractivity contribution < 1.29 is 4.74 Å². The van der Waals surface area contributed by atoms with Gasteiger partial charge in [0.1, 0.15) is 0 Å². The van der Waals surface area contributed by atoms with Gasteiger partial charge in [-0.25, -0.2) is 5.01 Å². The van der Waals surface area contributed by atoms with Gasteiger partial charge in [0.2, 0.25) is 0 Å². The summed E-state index contributed by atoms with van der Waals surface area (Å²) in [5.41, 5.74) is 4.56. The zero-order valence-corrected chi connectivity index (χ0v) is 8.15. The van der Waals surface area contributed by atoms with Crippen molar-refractivity contribution in [3.63, 3.8) is 0 Å². The van der Waals surface area contributed by atoms with E-state index in [1.165, 1.54) is 5.56 Å². The van der Waals surface area contributed by atoms with Gasteiger partial charge >= 0.3 is 0 Å². The number of aromatic nitrogens is 1. The second kappa shape index (κ2) is 5.05. The molecule has 4 heteroatoms. The molecule has 2 rings (SSSR count). The molecule has 0 bridgehead atoms. The topological polar surface area (TPSA) is 37.4 Å². The first-order chi connectivity index (χ1) is 6.95. The average Bonchev–Trinajstić information content (AvgIpc) is 2.29. The van der Waals surface area contributed by atoms with Gasteiger partial charge in [-0.3, -0.25) is 10.4 Å². The lowest BCUT2D eigenvalue weighted by Gasteiger charge is -2.27. The van der Waals surface area contributed by atoms with Crippen LogP contribution in [-0.4, -0.2) is 36.3 Å². The third kappa shape index (κ3) is 2.77. The summed E-state index contributed by atoms with van der Waals surface area (Å²) in [4.78, 5) is 4.07. The maximum Gasteiger partial charge on any atom is 0.0608 e. The molecule has 2 heterocycles. The van der Waals surface area contributed by atoms with E-state index in [4.69, 9.17) is 4.74 Å². The van der Waals surface area contributed by atoms with Gasteiger partial charge in [0.15, 0.2) is 0 Å². The van der Waals surface area contributed by atoms with E-state index in [1.807, 2.05) is 12.3 Å². The van der Waals surface area contributed by atoms with Crippen LogP contribution in [-0.2, 0) is 11.3 Å². The summed E-state index contributed by atoms with van der Waals surface area (Å²) in [5.74, 6) is 0. The van der Waals surface area contributed by atoms with E-state index in [1.54, 1.807) is 6.20 Å². The summed E-state index contributed by atoms with van der Waals surface area (Å²) in [6.07, 6.45) is 3.67. The first-order valence-corrected chi connectivity index (χ1v) is 4.90. The van der Waals surface area contributed by atoms with Crippen LogP contribution in [0.4, 0.5) is 0 Å². The smallest absolute Gasteiger partial charge is 0.0608 e. The summed E-state index contributed by atoms with van der Waals surface area (Å²) in [7, 11) is 0. The van der Waals surface area contributed by atoms with Crippen molar-refractivity contribution >= 4 is 0 Å². The molecular formula is C10H15N3O. The van der Waals surface area contributed by atoms with Crippen LogP contribution in [0.5, 0.6) is 0 Å². The van der Waals surface area contributed by atoms with Crippen molar-refractivity contribution in [2.24, 2.45) is 0 Å². The SMILES string of the molecule is c1cncc(CNN2CCOCC2)c1. The Morgan fingerprint density at radius 3 is 3.00 bits per heavy atom. The Morgan fingerprint density at radius 1 is 1.43 bits per heavy atom. The lowest BCUT2D eigenvalue weighted by atomic mass is 10.3. The van der Waals surface area contributed by atoms with Crippen LogP contribution in [0, 0.1) is 0 Å². The molecule has 1 aliphatic rings. The van der Waals surface area contributed by atoms with Crippen LogP contribution >= 0.6 is 0 Å². The van der Waals surface area contributed by atoms with Crippen LogP contribution < -0.4 is 5.43 Å².